The van der Waals surface area contributed by atoms with Crippen molar-refractivity contribution < 1.29 is 9.18 Å². The number of pyridine rings is 1. The zero-order valence-corrected chi connectivity index (χ0v) is 19.6. The molecule has 1 amide bonds. The first-order valence-corrected chi connectivity index (χ1v) is 11.6. The van der Waals surface area contributed by atoms with Crippen molar-refractivity contribution in [3.8, 4) is 17.1 Å². The number of hydrogen-bond acceptors (Lipinski definition) is 5. The smallest absolute Gasteiger partial charge is 0.230 e. The van der Waals surface area contributed by atoms with E-state index in [2.05, 4.69) is 20.5 Å². The van der Waals surface area contributed by atoms with Gasteiger partial charge in [0, 0.05) is 23.0 Å². The molecule has 0 radical (unpaired) electrons. The van der Waals surface area contributed by atoms with Gasteiger partial charge in [0.05, 0.1) is 17.5 Å². The first-order valence-electron chi connectivity index (χ1n) is 10.2. The van der Waals surface area contributed by atoms with E-state index in [1.165, 1.54) is 23.9 Å². The molecule has 0 saturated carbocycles. The molecule has 9 heteroatoms. The SMILES string of the molecule is Cc1c(Cl)cccc1-n1c(SCC(=O)NC(C)c2ccc(F)cc2)nnc1-c1ccncc1. The highest BCUT2D eigenvalue weighted by Gasteiger charge is 2.20. The van der Waals surface area contributed by atoms with Gasteiger partial charge in [0.1, 0.15) is 5.82 Å². The predicted octanol–water partition coefficient (Wildman–Crippen LogP) is 5.40. The highest BCUT2D eigenvalue weighted by atomic mass is 35.5. The number of amides is 1. The molecular weight excluding hydrogens is 461 g/mol. The Hall–Kier alpha value is -3.23. The van der Waals surface area contributed by atoms with Crippen LogP contribution in [0.2, 0.25) is 5.02 Å². The number of aromatic nitrogens is 4. The van der Waals surface area contributed by atoms with Crippen LogP contribution in [0.25, 0.3) is 17.1 Å². The minimum atomic E-state index is -0.312. The molecule has 33 heavy (non-hydrogen) atoms. The molecule has 2 aromatic carbocycles. The van der Waals surface area contributed by atoms with Crippen LogP contribution in [0.5, 0.6) is 0 Å². The Labute approximate surface area is 200 Å². The normalized spacial score (nSPS) is 11.9. The predicted molar refractivity (Wildman–Crippen MR) is 128 cm³/mol. The molecule has 4 aromatic rings. The zero-order chi connectivity index (χ0) is 23.4. The fourth-order valence-corrected chi connectivity index (χ4v) is 4.28. The van der Waals surface area contributed by atoms with Gasteiger partial charge in [-0.15, -0.1) is 10.2 Å². The largest absolute Gasteiger partial charge is 0.349 e. The molecule has 1 N–H and O–H groups in total. The van der Waals surface area contributed by atoms with Gasteiger partial charge >= 0.3 is 0 Å². The van der Waals surface area contributed by atoms with E-state index < -0.39 is 0 Å². The summed E-state index contributed by atoms with van der Waals surface area (Å²) in [6.07, 6.45) is 3.38. The van der Waals surface area contributed by atoms with Crippen LogP contribution >= 0.6 is 23.4 Å². The summed E-state index contributed by atoms with van der Waals surface area (Å²) >= 11 is 7.65. The molecule has 0 bridgehead atoms. The number of hydrogen-bond donors (Lipinski definition) is 1. The number of carbonyl (C=O) groups is 1. The van der Waals surface area contributed by atoms with Crippen LogP contribution in [-0.2, 0) is 4.79 Å². The van der Waals surface area contributed by atoms with Crippen molar-refractivity contribution in [2.24, 2.45) is 0 Å². The molecule has 0 saturated heterocycles. The molecule has 168 valence electrons. The molecule has 4 rings (SSSR count). The third-order valence-corrected chi connectivity index (χ3v) is 6.47. The summed E-state index contributed by atoms with van der Waals surface area (Å²) in [5, 5.41) is 12.9. The Morgan fingerprint density at radius 3 is 2.58 bits per heavy atom. The summed E-state index contributed by atoms with van der Waals surface area (Å²) < 4.78 is 15.1. The Bertz CT molecular complexity index is 1260. The lowest BCUT2D eigenvalue weighted by Gasteiger charge is -2.15. The molecule has 2 heterocycles. The van der Waals surface area contributed by atoms with E-state index >= 15 is 0 Å². The van der Waals surface area contributed by atoms with Gasteiger partial charge in [-0.05, 0) is 61.4 Å². The van der Waals surface area contributed by atoms with E-state index in [1.807, 2.05) is 48.7 Å². The molecule has 0 aliphatic carbocycles. The minimum Gasteiger partial charge on any atom is -0.349 e. The Balaban J connectivity index is 1.57. The van der Waals surface area contributed by atoms with Crippen LogP contribution in [-0.4, -0.2) is 31.4 Å². The molecule has 0 spiro atoms. The van der Waals surface area contributed by atoms with Crippen LogP contribution in [0.3, 0.4) is 0 Å². The van der Waals surface area contributed by atoms with E-state index in [0.717, 1.165) is 22.4 Å². The van der Waals surface area contributed by atoms with E-state index in [0.29, 0.717) is 16.0 Å². The summed E-state index contributed by atoms with van der Waals surface area (Å²) in [4.78, 5) is 16.7. The highest BCUT2D eigenvalue weighted by Crippen LogP contribution is 2.31. The highest BCUT2D eigenvalue weighted by molar-refractivity contribution is 7.99. The maximum absolute atomic E-state index is 13.2. The number of thioether (sulfide) groups is 1. The molecular formula is C24H21ClFN5OS. The van der Waals surface area contributed by atoms with Crippen LogP contribution in [0, 0.1) is 12.7 Å². The number of halogens is 2. The van der Waals surface area contributed by atoms with Crippen molar-refractivity contribution >= 4 is 29.3 Å². The van der Waals surface area contributed by atoms with Crippen molar-refractivity contribution in [3.63, 3.8) is 0 Å². The lowest BCUT2D eigenvalue weighted by Crippen LogP contribution is -2.28. The third kappa shape index (κ3) is 5.23. The van der Waals surface area contributed by atoms with Crippen LogP contribution < -0.4 is 5.32 Å². The topological polar surface area (TPSA) is 72.7 Å². The first-order chi connectivity index (χ1) is 15.9. The lowest BCUT2D eigenvalue weighted by atomic mass is 10.1. The second-order valence-corrected chi connectivity index (χ2v) is 8.74. The Morgan fingerprint density at radius 1 is 1.12 bits per heavy atom. The second-order valence-electron chi connectivity index (χ2n) is 7.39. The van der Waals surface area contributed by atoms with Gasteiger partial charge < -0.3 is 5.32 Å². The fourth-order valence-electron chi connectivity index (χ4n) is 3.35. The fraction of sp³-hybridized carbons (Fsp3) is 0.167. The number of nitrogens with zero attached hydrogens (tertiary/aromatic N) is 4. The van der Waals surface area contributed by atoms with E-state index in [9.17, 15) is 9.18 Å². The standard InChI is InChI=1S/C24H21ClFN5OS/c1-15-20(25)4-3-5-21(15)31-23(18-10-12-27-13-11-18)29-30-24(31)33-14-22(32)28-16(2)17-6-8-19(26)9-7-17/h3-13,16H,14H2,1-2H3,(H,28,32). The number of nitrogens with one attached hydrogen (secondary N) is 1. The molecule has 1 atom stereocenters. The monoisotopic (exact) mass is 481 g/mol. The number of carbonyl (C=O) groups excluding carboxylic acids is 1. The minimum absolute atomic E-state index is 0.139. The maximum Gasteiger partial charge on any atom is 0.230 e. The van der Waals surface area contributed by atoms with E-state index in [-0.39, 0.29) is 23.5 Å². The average Bonchev–Trinajstić information content (AvgIpc) is 3.24. The molecule has 1 unspecified atom stereocenters. The summed E-state index contributed by atoms with van der Waals surface area (Å²) in [6.45, 7) is 3.79. The quantitative estimate of drug-likeness (QED) is 0.358. The molecule has 2 aromatic heterocycles. The van der Waals surface area contributed by atoms with Crippen LogP contribution in [0.4, 0.5) is 4.39 Å². The molecule has 0 aliphatic heterocycles. The van der Waals surface area contributed by atoms with Gasteiger partial charge in [-0.25, -0.2) is 4.39 Å². The lowest BCUT2D eigenvalue weighted by molar-refractivity contribution is -0.119. The summed E-state index contributed by atoms with van der Waals surface area (Å²) in [5.74, 6) is 0.290. The number of rotatable bonds is 7. The first kappa shape index (κ1) is 22.9. The number of benzene rings is 2. The van der Waals surface area contributed by atoms with Gasteiger partial charge in [-0.1, -0.05) is 41.6 Å². The van der Waals surface area contributed by atoms with Gasteiger partial charge in [0.15, 0.2) is 11.0 Å². The summed E-state index contributed by atoms with van der Waals surface area (Å²) in [5.41, 5.74) is 3.39. The third-order valence-electron chi connectivity index (χ3n) is 5.13. The van der Waals surface area contributed by atoms with Crippen molar-refractivity contribution in [1.29, 1.82) is 0 Å². The van der Waals surface area contributed by atoms with Crippen molar-refractivity contribution in [2.75, 3.05) is 5.75 Å². The van der Waals surface area contributed by atoms with E-state index in [4.69, 9.17) is 11.6 Å². The van der Waals surface area contributed by atoms with Crippen LogP contribution in [0.15, 0.2) is 72.1 Å². The molecule has 0 fully saturated rings. The summed E-state index contributed by atoms with van der Waals surface area (Å²) in [7, 11) is 0. The maximum atomic E-state index is 13.2. The Morgan fingerprint density at radius 2 is 1.85 bits per heavy atom. The molecule has 6 nitrogen and oxygen atoms in total. The van der Waals surface area contributed by atoms with Gasteiger partial charge in [0.2, 0.25) is 5.91 Å². The van der Waals surface area contributed by atoms with Crippen molar-refractivity contribution in [3.05, 3.63) is 89.0 Å². The van der Waals surface area contributed by atoms with Crippen molar-refractivity contribution in [1.82, 2.24) is 25.1 Å². The van der Waals surface area contributed by atoms with Gasteiger partial charge in [-0.2, -0.15) is 0 Å². The van der Waals surface area contributed by atoms with Gasteiger partial charge in [0.25, 0.3) is 0 Å². The van der Waals surface area contributed by atoms with Gasteiger partial charge in [-0.3, -0.25) is 14.3 Å². The van der Waals surface area contributed by atoms with Crippen molar-refractivity contribution in [2.45, 2.75) is 25.0 Å². The van der Waals surface area contributed by atoms with E-state index in [1.54, 1.807) is 24.5 Å². The summed E-state index contributed by atoms with van der Waals surface area (Å²) in [6, 6.07) is 15.2. The second kappa shape index (κ2) is 10.1. The zero-order valence-electron chi connectivity index (χ0n) is 18.0. The van der Waals surface area contributed by atoms with Crippen LogP contribution in [0.1, 0.15) is 24.1 Å². The average molecular weight is 482 g/mol. The molecule has 0 aliphatic rings. The Kier molecular flexibility index (Phi) is 7.05.